The van der Waals surface area contributed by atoms with Crippen LogP contribution in [0.15, 0.2) is 0 Å². The van der Waals surface area contributed by atoms with Crippen LogP contribution in [0.3, 0.4) is 0 Å². The second-order valence-electron chi connectivity index (χ2n) is 3.31. The molecule has 0 aliphatic heterocycles. The van der Waals surface area contributed by atoms with Gasteiger partial charge in [0.05, 0.1) is 19.1 Å². The number of hydrogen-bond acceptors (Lipinski definition) is 3. The van der Waals surface area contributed by atoms with Crippen molar-refractivity contribution in [3.05, 3.63) is 0 Å². The Hall–Kier alpha value is -0.570. The standard InChI is InChI=1S/C9H18O3/c1-5-9(6-10,7(2)3)8(11)12-4/h7,10H,5-6H2,1-4H3. The largest absolute Gasteiger partial charge is 0.469 e. The van der Waals surface area contributed by atoms with E-state index in [2.05, 4.69) is 4.74 Å². The zero-order valence-corrected chi connectivity index (χ0v) is 8.26. The first kappa shape index (κ1) is 11.4. The van der Waals surface area contributed by atoms with Gasteiger partial charge in [-0.1, -0.05) is 20.8 Å². The maximum absolute atomic E-state index is 11.4. The normalized spacial score (nSPS) is 15.8. The molecule has 0 rings (SSSR count). The highest BCUT2D eigenvalue weighted by Gasteiger charge is 2.40. The van der Waals surface area contributed by atoms with Gasteiger partial charge in [0.15, 0.2) is 0 Å². The molecule has 0 spiro atoms. The summed E-state index contributed by atoms with van der Waals surface area (Å²) in [6.45, 7) is 5.56. The van der Waals surface area contributed by atoms with E-state index in [0.29, 0.717) is 6.42 Å². The van der Waals surface area contributed by atoms with Gasteiger partial charge in [-0.2, -0.15) is 0 Å². The lowest BCUT2D eigenvalue weighted by Crippen LogP contribution is -2.40. The van der Waals surface area contributed by atoms with Crippen LogP contribution in [-0.4, -0.2) is 24.8 Å². The van der Waals surface area contributed by atoms with E-state index in [0.717, 1.165) is 0 Å². The van der Waals surface area contributed by atoms with Gasteiger partial charge < -0.3 is 9.84 Å². The number of aliphatic hydroxyl groups is 1. The van der Waals surface area contributed by atoms with Crippen molar-refractivity contribution < 1.29 is 14.6 Å². The highest BCUT2D eigenvalue weighted by atomic mass is 16.5. The number of esters is 1. The second-order valence-corrected chi connectivity index (χ2v) is 3.31. The molecule has 0 aromatic rings. The van der Waals surface area contributed by atoms with Gasteiger partial charge in [-0.3, -0.25) is 4.79 Å². The highest BCUT2D eigenvalue weighted by molar-refractivity contribution is 5.77. The monoisotopic (exact) mass is 174 g/mol. The van der Waals surface area contributed by atoms with Crippen LogP contribution in [0.2, 0.25) is 0 Å². The Balaban J connectivity index is 4.69. The molecule has 0 bridgehead atoms. The van der Waals surface area contributed by atoms with Crippen molar-refractivity contribution in [1.82, 2.24) is 0 Å². The van der Waals surface area contributed by atoms with Gasteiger partial charge in [0.25, 0.3) is 0 Å². The molecule has 72 valence electrons. The Morgan fingerprint density at radius 3 is 2.17 bits per heavy atom. The third-order valence-electron chi connectivity index (χ3n) is 2.61. The molecule has 1 atom stereocenters. The third kappa shape index (κ3) is 1.78. The Bertz CT molecular complexity index is 148. The van der Waals surface area contributed by atoms with E-state index >= 15 is 0 Å². The molecule has 0 aromatic carbocycles. The summed E-state index contributed by atoms with van der Waals surface area (Å²) in [5, 5.41) is 9.15. The lowest BCUT2D eigenvalue weighted by Gasteiger charge is -2.31. The molecular formula is C9H18O3. The van der Waals surface area contributed by atoms with Crippen LogP contribution in [0.1, 0.15) is 27.2 Å². The first-order chi connectivity index (χ1) is 5.55. The van der Waals surface area contributed by atoms with E-state index in [1.807, 2.05) is 20.8 Å². The molecule has 0 aromatic heterocycles. The van der Waals surface area contributed by atoms with Crippen molar-refractivity contribution in [3.8, 4) is 0 Å². The van der Waals surface area contributed by atoms with Gasteiger partial charge in [0, 0.05) is 0 Å². The van der Waals surface area contributed by atoms with Crippen LogP contribution >= 0.6 is 0 Å². The molecule has 0 radical (unpaired) electrons. The minimum absolute atomic E-state index is 0.0972. The zero-order chi connectivity index (χ0) is 9.78. The van der Waals surface area contributed by atoms with E-state index in [1.54, 1.807) is 0 Å². The fourth-order valence-electron chi connectivity index (χ4n) is 1.35. The number of ether oxygens (including phenoxy) is 1. The molecule has 0 heterocycles. The van der Waals surface area contributed by atoms with Crippen molar-refractivity contribution >= 4 is 5.97 Å². The number of hydrogen-bond donors (Lipinski definition) is 1. The lowest BCUT2D eigenvalue weighted by molar-refractivity contribution is -0.159. The molecule has 1 N–H and O–H groups in total. The molecule has 0 saturated heterocycles. The third-order valence-corrected chi connectivity index (χ3v) is 2.61. The summed E-state index contributed by atoms with van der Waals surface area (Å²) in [4.78, 5) is 11.4. The minimum Gasteiger partial charge on any atom is -0.469 e. The summed E-state index contributed by atoms with van der Waals surface area (Å²) in [5.74, 6) is -0.220. The minimum atomic E-state index is -0.714. The first-order valence-electron chi connectivity index (χ1n) is 4.24. The maximum Gasteiger partial charge on any atom is 0.314 e. The molecular weight excluding hydrogens is 156 g/mol. The fraction of sp³-hybridized carbons (Fsp3) is 0.889. The molecule has 3 heteroatoms. The molecule has 1 unspecified atom stereocenters. The SMILES string of the molecule is CCC(CO)(C(=O)OC)C(C)C. The van der Waals surface area contributed by atoms with E-state index in [4.69, 9.17) is 5.11 Å². The lowest BCUT2D eigenvalue weighted by atomic mass is 9.76. The van der Waals surface area contributed by atoms with Gasteiger partial charge in [0.1, 0.15) is 0 Å². The number of carbonyl (C=O) groups excluding carboxylic acids is 1. The van der Waals surface area contributed by atoms with Gasteiger partial charge in [0.2, 0.25) is 0 Å². The van der Waals surface area contributed by atoms with Crippen molar-refractivity contribution in [1.29, 1.82) is 0 Å². The second kappa shape index (κ2) is 4.45. The summed E-state index contributed by atoms with van der Waals surface area (Å²) < 4.78 is 4.66. The van der Waals surface area contributed by atoms with E-state index in [1.165, 1.54) is 7.11 Å². The summed E-state index contributed by atoms with van der Waals surface area (Å²) in [7, 11) is 1.35. The van der Waals surface area contributed by atoms with Crippen LogP contribution in [0.4, 0.5) is 0 Å². The van der Waals surface area contributed by atoms with Crippen LogP contribution in [-0.2, 0) is 9.53 Å². The zero-order valence-electron chi connectivity index (χ0n) is 8.26. The molecule has 0 fully saturated rings. The summed E-state index contributed by atoms with van der Waals surface area (Å²) in [6.07, 6.45) is 0.605. The van der Waals surface area contributed by atoms with Gasteiger partial charge in [-0.15, -0.1) is 0 Å². The molecule has 0 amide bonds. The number of methoxy groups -OCH3 is 1. The van der Waals surface area contributed by atoms with Gasteiger partial charge in [-0.25, -0.2) is 0 Å². The van der Waals surface area contributed by atoms with Crippen molar-refractivity contribution in [2.45, 2.75) is 27.2 Å². The Morgan fingerprint density at radius 1 is 1.58 bits per heavy atom. The fourth-order valence-corrected chi connectivity index (χ4v) is 1.35. The van der Waals surface area contributed by atoms with E-state index in [9.17, 15) is 4.79 Å². The summed E-state index contributed by atoms with van der Waals surface area (Å²) >= 11 is 0. The summed E-state index contributed by atoms with van der Waals surface area (Å²) in [6, 6.07) is 0. The maximum atomic E-state index is 11.4. The summed E-state index contributed by atoms with van der Waals surface area (Å²) in [5.41, 5.74) is -0.714. The van der Waals surface area contributed by atoms with E-state index in [-0.39, 0.29) is 18.5 Å². The number of rotatable bonds is 4. The van der Waals surface area contributed by atoms with Crippen LogP contribution in [0, 0.1) is 11.3 Å². The smallest absolute Gasteiger partial charge is 0.314 e. The predicted molar refractivity (Wildman–Crippen MR) is 46.7 cm³/mol. The average Bonchev–Trinajstić information content (AvgIpc) is 2.06. The van der Waals surface area contributed by atoms with Crippen molar-refractivity contribution in [2.24, 2.45) is 11.3 Å². The van der Waals surface area contributed by atoms with Crippen LogP contribution in [0.25, 0.3) is 0 Å². The first-order valence-corrected chi connectivity index (χ1v) is 4.24. The van der Waals surface area contributed by atoms with Crippen LogP contribution < -0.4 is 0 Å². The van der Waals surface area contributed by atoms with Gasteiger partial charge in [-0.05, 0) is 12.3 Å². The molecule has 12 heavy (non-hydrogen) atoms. The quantitative estimate of drug-likeness (QED) is 0.651. The topological polar surface area (TPSA) is 46.5 Å². The molecule has 0 aliphatic rings. The Kier molecular flexibility index (Phi) is 4.24. The molecule has 3 nitrogen and oxygen atoms in total. The highest BCUT2D eigenvalue weighted by Crippen LogP contribution is 2.32. The van der Waals surface area contributed by atoms with Gasteiger partial charge >= 0.3 is 5.97 Å². The van der Waals surface area contributed by atoms with Crippen LogP contribution in [0.5, 0.6) is 0 Å². The molecule has 0 saturated carbocycles. The average molecular weight is 174 g/mol. The van der Waals surface area contributed by atoms with Crippen molar-refractivity contribution in [3.63, 3.8) is 0 Å². The predicted octanol–water partition coefficient (Wildman–Crippen LogP) is 1.20. The Labute approximate surface area is 73.7 Å². The number of aliphatic hydroxyl groups excluding tert-OH is 1. The number of carbonyl (C=O) groups is 1. The van der Waals surface area contributed by atoms with E-state index < -0.39 is 5.41 Å². The molecule has 0 aliphatic carbocycles. The Morgan fingerprint density at radius 2 is 2.08 bits per heavy atom. The van der Waals surface area contributed by atoms with Crippen molar-refractivity contribution in [2.75, 3.05) is 13.7 Å².